The zero-order chi connectivity index (χ0) is 21.8. The third-order valence-electron chi connectivity index (χ3n) is 5.50. The molecule has 1 aromatic heterocycles. The number of hydrogen-bond acceptors (Lipinski definition) is 6. The van der Waals surface area contributed by atoms with Crippen molar-refractivity contribution < 1.29 is 19.1 Å². The molecule has 0 radical (unpaired) electrons. The number of methoxy groups -OCH3 is 2. The van der Waals surface area contributed by atoms with Gasteiger partial charge in [-0.3, -0.25) is 9.59 Å². The van der Waals surface area contributed by atoms with Gasteiger partial charge in [-0.25, -0.2) is 9.97 Å². The van der Waals surface area contributed by atoms with E-state index in [1.807, 2.05) is 18.7 Å². The average Bonchev–Trinajstić information content (AvgIpc) is 2.75. The molecule has 2 amide bonds. The average molecular weight is 412 g/mol. The maximum Gasteiger partial charge on any atom is 0.257 e. The topological polar surface area (TPSA) is 108 Å². The second kappa shape index (κ2) is 9.11. The van der Waals surface area contributed by atoms with Gasteiger partial charge < -0.3 is 20.1 Å². The van der Waals surface area contributed by atoms with E-state index in [4.69, 9.17) is 15.2 Å². The molecule has 0 bridgehead atoms. The van der Waals surface area contributed by atoms with Crippen LogP contribution in [0.2, 0.25) is 0 Å². The number of rotatable bonds is 6. The van der Waals surface area contributed by atoms with Crippen molar-refractivity contribution in [3.63, 3.8) is 0 Å². The van der Waals surface area contributed by atoms with E-state index in [0.717, 1.165) is 29.8 Å². The quantitative estimate of drug-likeness (QED) is 0.779. The number of aryl methyl sites for hydroxylation is 2. The van der Waals surface area contributed by atoms with Crippen LogP contribution in [-0.4, -0.2) is 54.0 Å². The molecule has 30 heavy (non-hydrogen) atoms. The van der Waals surface area contributed by atoms with Crippen LogP contribution in [0.3, 0.4) is 0 Å². The van der Waals surface area contributed by atoms with Crippen LogP contribution in [-0.2, 0) is 11.2 Å². The van der Waals surface area contributed by atoms with Gasteiger partial charge in [-0.05, 0) is 44.9 Å². The monoisotopic (exact) mass is 412 g/mol. The lowest BCUT2D eigenvalue weighted by Crippen LogP contribution is -2.39. The molecule has 1 atom stereocenters. The van der Waals surface area contributed by atoms with Crippen LogP contribution in [0.25, 0.3) is 0 Å². The molecule has 160 valence electrons. The largest absolute Gasteiger partial charge is 0.497 e. The molecule has 8 heteroatoms. The zero-order valence-corrected chi connectivity index (χ0v) is 17.9. The Morgan fingerprint density at radius 1 is 1.17 bits per heavy atom. The summed E-state index contributed by atoms with van der Waals surface area (Å²) in [5, 5.41) is 0. The second-order valence-electron chi connectivity index (χ2n) is 7.53. The van der Waals surface area contributed by atoms with Crippen LogP contribution < -0.4 is 15.2 Å². The molecular weight excluding hydrogens is 384 g/mol. The number of primary amides is 1. The van der Waals surface area contributed by atoms with E-state index >= 15 is 0 Å². The van der Waals surface area contributed by atoms with Crippen molar-refractivity contribution in [1.82, 2.24) is 14.9 Å². The molecule has 3 rings (SSSR count). The van der Waals surface area contributed by atoms with Gasteiger partial charge in [0.25, 0.3) is 5.91 Å². The fourth-order valence-electron chi connectivity index (χ4n) is 3.90. The van der Waals surface area contributed by atoms with Gasteiger partial charge in [-0.15, -0.1) is 0 Å². The number of ether oxygens (including phenoxy) is 2. The maximum atomic E-state index is 13.2. The van der Waals surface area contributed by atoms with E-state index in [-0.39, 0.29) is 18.2 Å². The first kappa shape index (κ1) is 21.5. The number of piperidine rings is 1. The van der Waals surface area contributed by atoms with Gasteiger partial charge in [0.15, 0.2) is 0 Å². The van der Waals surface area contributed by atoms with E-state index in [1.165, 1.54) is 0 Å². The molecule has 0 unspecified atom stereocenters. The number of aromatic nitrogens is 2. The number of nitrogens with zero attached hydrogens (tertiary/aromatic N) is 3. The third kappa shape index (κ3) is 4.53. The van der Waals surface area contributed by atoms with Gasteiger partial charge in [0.1, 0.15) is 17.3 Å². The number of carbonyl (C=O) groups is 2. The SMILES string of the molecule is COc1ccc(OC)c(C(=O)N2CCC[C@@H](c3nc(C)c(CC(N)=O)c(C)n3)C2)c1. The molecule has 1 aliphatic heterocycles. The molecule has 1 aliphatic rings. The van der Waals surface area contributed by atoms with E-state index in [2.05, 4.69) is 9.97 Å². The van der Waals surface area contributed by atoms with Crippen LogP contribution in [0.15, 0.2) is 18.2 Å². The van der Waals surface area contributed by atoms with Crippen LogP contribution in [0.5, 0.6) is 11.5 Å². The van der Waals surface area contributed by atoms with Crippen LogP contribution >= 0.6 is 0 Å². The summed E-state index contributed by atoms with van der Waals surface area (Å²) in [4.78, 5) is 35.6. The lowest BCUT2D eigenvalue weighted by atomic mass is 9.95. The van der Waals surface area contributed by atoms with Crippen LogP contribution in [0, 0.1) is 13.8 Å². The van der Waals surface area contributed by atoms with Crippen molar-refractivity contribution in [3.8, 4) is 11.5 Å². The highest BCUT2D eigenvalue weighted by atomic mass is 16.5. The van der Waals surface area contributed by atoms with Crippen molar-refractivity contribution in [2.24, 2.45) is 5.73 Å². The van der Waals surface area contributed by atoms with Crippen molar-refractivity contribution in [2.75, 3.05) is 27.3 Å². The summed E-state index contributed by atoms with van der Waals surface area (Å²) in [5.74, 6) is 1.34. The Morgan fingerprint density at radius 2 is 1.87 bits per heavy atom. The minimum absolute atomic E-state index is 0.0272. The number of benzene rings is 1. The summed E-state index contributed by atoms with van der Waals surface area (Å²) < 4.78 is 10.6. The summed E-state index contributed by atoms with van der Waals surface area (Å²) >= 11 is 0. The van der Waals surface area contributed by atoms with E-state index in [9.17, 15) is 9.59 Å². The van der Waals surface area contributed by atoms with Crippen molar-refractivity contribution >= 4 is 11.8 Å². The summed E-state index contributed by atoms with van der Waals surface area (Å²) in [6.07, 6.45) is 1.88. The third-order valence-corrected chi connectivity index (χ3v) is 5.50. The number of amides is 2. The standard InChI is InChI=1S/C22H28N4O4/c1-13-17(11-20(23)27)14(2)25-21(24-13)15-6-5-9-26(12-15)22(28)18-10-16(29-3)7-8-19(18)30-4/h7-8,10,15H,5-6,9,11-12H2,1-4H3,(H2,23,27)/t15-/m1/s1. The Hall–Kier alpha value is -3.16. The highest BCUT2D eigenvalue weighted by Gasteiger charge is 2.29. The lowest BCUT2D eigenvalue weighted by Gasteiger charge is -2.32. The lowest BCUT2D eigenvalue weighted by molar-refractivity contribution is -0.117. The molecule has 0 spiro atoms. The summed E-state index contributed by atoms with van der Waals surface area (Å²) in [6.45, 7) is 4.91. The smallest absolute Gasteiger partial charge is 0.257 e. The second-order valence-corrected chi connectivity index (χ2v) is 7.53. The molecule has 8 nitrogen and oxygen atoms in total. The van der Waals surface area contributed by atoms with E-state index < -0.39 is 5.91 Å². The maximum absolute atomic E-state index is 13.2. The zero-order valence-electron chi connectivity index (χ0n) is 17.9. The Labute approximate surface area is 176 Å². The number of carbonyl (C=O) groups excluding carboxylic acids is 2. The van der Waals surface area contributed by atoms with Crippen LogP contribution in [0.4, 0.5) is 0 Å². The van der Waals surface area contributed by atoms with Gasteiger partial charge in [-0.1, -0.05) is 0 Å². The normalized spacial score (nSPS) is 16.3. The molecule has 0 saturated carbocycles. The summed E-state index contributed by atoms with van der Waals surface area (Å²) in [7, 11) is 3.11. The molecule has 1 aromatic carbocycles. The molecule has 2 aromatic rings. The fourth-order valence-corrected chi connectivity index (χ4v) is 3.90. The molecule has 2 heterocycles. The Morgan fingerprint density at radius 3 is 2.47 bits per heavy atom. The molecule has 1 fully saturated rings. The predicted molar refractivity (Wildman–Crippen MR) is 112 cm³/mol. The number of likely N-dealkylation sites (tertiary alicyclic amines) is 1. The highest BCUT2D eigenvalue weighted by Crippen LogP contribution is 2.30. The first-order valence-electron chi connectivity index (χ1n) is 9.97. The van der Waals surface area contributed by atoms with Gasteiger partial charge in [0.2, 0.25) is 5.91 Å². The van der Waals surface area contributed by atoms with Gasteiger partial charge in [0, 0.05) is 36.0 Å². The summed E-state index contributed by atoms with van der Waals surface area (Å²) in [6, 6.07) is 5.21. The molecule has 2 N–H and O–H groups in total. The van der Waals surface area contributed by atoms with Gasteiger partial charge >= 0.3 is 0 Å². The Balaban J connectivity index is 1.84. The Kier molecular flexibility index (Phi) is 6.54. The Bertz CT molecular complexity index is 937. The minimum atomic E-state index is -0.403. The van der Waals surface area contributed by atoms with E-state index in [0.29, 0.717) is 36.0 Å². The van der Waals surface area contributed by atoms with Crippen molar-refractivity contribution in [1.29, 1.82) is 0 Å². The molecule has 1 saturated heterocycles. The van der Waals surface area contributed by atoms with Crippen molar-refractivity contribution in [3.05, 3.63) is 46.5 Å². The molecular formula is C22H28N4O4. The minimum Gasteiger partial charge on any atom is -0.497 e. The number of nitrogens with two attached hydrogens (primary N) is 1. The first-order valence-corrected chi connectivity index (χ1v) is 9.97. The van der Waals surface area contributed by atoms with E-state index in [1.54, 1.807) is 32.4 Å². The summed E-state index contributed by atoms with van der Waals surface area (Å²) in [5.41, 5.74) is 8.10. The van der Waals surface area contributed by atoms with Crippen molar-refractivity contribution in [2.45, 2.75) is 39.0 Å². The first-order chi connectivity index (χ1) is 14.3. The fraction of sp³-hybridized carbons (Fsp3) is 0.455. The number of hydrogen-bond donors (Lipinski definition) is 1. The van der Waals surface area contributed by atoms with Gasteiger partial charge in [0.05, 0.1) is 26.2 Å². The molecule has 0 aliphatic carbocycles. The van der Waals surface area contributed by atoms with Crippen LogP contribution in [0.1, 0.15) is 51.9 Å². The predicted octanol–water partition coefficient (Wildman–Crippen LogP) is 2.16. The van der Waals surface area contributed by atoms with Gasteiger partial charge in [-0.2, -0.15) is 0 Å². The highest BCUT2D eigenvalue weighted by molar-refractivity contribution is 5.97.